The number of aromatic amines is 1. The molecule has 10 nitrogen and oxygen atoms in total. The van der Waals surface area contributed by atoms with Crippen LogP contribution in [0.15, 0.2) is 47.8 Å². The molecule has 0 spiro atoms. The first kappa shape index (κ1) is 23.9. The van der Waals surface area contributed by atoms with Crippen molar-refractivity contribution in [1.29, 1.82) is 0 Å². The third kappa shape index (κ3) is 5.37. The number of halogens is 2. The van der Waals surface area contributed by atoms with E-state index in [0.29, 0.717) is 16.9 Å². The van der Waals surface area contributed by atoms with Crippen LogP contribution in [0.5, 0.6) is 0 Å². The Kier molecular flexibility index (Phi) is 6.42. The van der Waals surface area contributed by atoms with Crippen LogP contribution in [0, 0.1) is 5.92 Å². The Morgan fingerprint density at radius 1 is 1.17 bits per heavy atom. The first-order valence-electron chi connectivity index (χ1n) is 12.0. The van der Waals surface area contributed by atoms with Crippen LogP contribution < -0.4 is 16.2 Å². The molecule has 0 bridgehead atoms. The standard InChI is InChI=1S/C24H27F2N7O3/c25-24(26)8-5-15(6-9-24)20(31-22(35)19-7-11-28-33(19)18-3-4-18)23(36)30-17-12-29-32(14-17)13-16-2-1-10-27-21(16)34/h1-2,7,10-12,14-15,18,20H,3-6,8-9,13H2,(H,27,34)(H,30,36)(H,31,35). The molecule has 2 aliphatic rings. The van der Waals surface area contributed by atoms with Crippen molar-refractivity contribution < 1.29 is 18.4 Å². The Balaban J connectivity index is 1.31. The summed E-state index contributed by atoms with van der Waals surface area (Å²) in [7, 11) is 0. The summed E-state index contributed by atoms with van der Waals surface area (Å²) in [6.45, 7) is 0.203. The van der Waals surface area contributed by atoms with Crippen molar-refractivity contribution in [2.45, 2.75) is 63.1 Å². The average molecular weight is 500 g/mol. The molecule has 3 heterocycles. The van der Waals surface area contributed by atoms with Crippen molar-refractivity contribution in [3.63, 3.8) is 0 Å². The second kappa shape index (κ2) is 9.67. The number of H-pyrrole nitrogens is 1. The van der Waals surface area contributed by atoms with Gasteiger partial charge in [0.2, 0.25) is 11.8 Å². The van der Waals surface area contributed by atoms with Crippen LogP contribution in [0.4, 0.5) is 14.5 Å². The van der Waals surface area contributed by atoms with E-state index in [-0.39, 0.29) is 43.8 Å². The molecule has 0 saturated heterocycles. The topological polar surface area (TPSA) is 127 Å². The molecule has 190 valence electrons. The van der Waals surface area contributed by atoms with Gasteiger partial charge < -0.3 is 15.6 Å². The molecular formula is C24H27F2N7O3. The van der Waals surface area contributed by atoms with Crippen LogP contribution in [0.1, 0.15) is 60.6 Å². The molecule has 2 saturated carbocycles. The van der Waals surface area contributed by atoms with Crippen molar-refractivity contribution in [3.05, 3.63) is 64.6 Å². The van der Waals surface area contributed by atoms with E-state index in [0.717, 1.165) is 12.8 Å². The third-order valence-electron chi connectivity index (χ3n) is 6.73. The Labute approximate surface area is 205 Å². The van der Waals surface area contributed by atoms with Gasteiger partial charge >= 0.3 is 0 Å². The second-order valence-electron chi connectivity index (χ2n) is 9.48. The lowest BCUT2D eigenvalue weighted by molar-refractivity contribution is -0.121. The zero-order valence-electron chi connectivity index (χ0n) is 19.5. The number of hydrogen-bond acceptors (Lipinski definition) is 5. The van der Waals surface area contributed by atoms with Gasteiger partial charge in [0.15, 0.2) is 0 Å². The predicted molar refractivity (Wildman–Crippen MR) is 126 cm³/mol. The Hall–Kier alpha value is -3.83. The van der Waals surface area contributed by atoms with Gasteiger partial charge in [0.25, 0.3) is 11.5 Å². The number of nitrogens with one attached hydrogen (secondary N) is 3. The maximum Gasteiger partial charge on any atom is 0.270 e. The average Bonchev–Trinajstić information content (AvgIpc) is 3.40. The molecule has 2 amide bonds. The minimum absolute atomic E-state index is 0.114. The fourth-order valence-electron chi connectivity index (χ4n) is 4.60. The van der Waals surface area contributed by atoms with Gasteiger partial charge in [-0.3, -0.25) is 23.7 Å². The molecule has 12 heteroatoms. The van der Waals surface area contributed by atoms with E-state index in [1.807, 2.05) is 0 Å². The molecule has 3 aromatic rings. The van der Waals surface area contributed by atoms with Crippen LogP contribution in [-0.4, -0.2) is 48.3 Å². The maximum absolute atomic E-state index is 13.8. The molecule has 3 N–H and O–H groups in total. The van der Waals surface area contributed by atoms with E-state index in [4.69, 9.17) is 0 Å². The van der Waals surface area contributed by atoms with E-state index in [1.54, 1.807) is 29.1 Å². The number of amides is 2. The third-order valence-corrected chi connectivity index (χ3v) is 6.73. The Morgan fingerprint density at radius 3 is 2.67 bits per heavy atom. The summed E-state index contributed by atoms with van der Waals surface area (Å²) in [5.74, 6) is -4.17. The van der Waals surface area contributed by atoms with Gasteiger partial charge in [0, 0.05) is 37.0 Å². The largest absolute Gasteiger partial charge is 0.339 e. The molecule has 0 aromatic carbocycles. The SMILES string of the molecule is O=C(NC(C(=O)Nc1cnn(Cc2ccc[nH]c2=O)c1)C1CCC(F)(F)CC1)c1ccnn1C1CC1. The Bertz CT molecular complexity index is 1300. The van der Waals surface area contributed by atoms with E-state index in [1.165, 1.54) is 23.3 Å². The summed E-state index contributed by atoms with van der Waals surface area (Å²) < 4.78 is 30.7. The van der Waals surface area contributed by atoms with Gasteiger partial charge in [-0.05, 0) is 43.7 Å². The van der Waals surface area contributed by atoms with E-state index >= 15 is 0 Å². The number of alkyl halides is 2. The minimum atomic E-state index is -2.76. The van der Waals surface area contributed by atoms with Crippen molar-refractivity contribution in [1.82, 2.24) is 29.9 Å². The lowest BCUT2D eigenvalue weighted by Crippen LogP contribution is -2.50. The summed E-state index contributed by atoms with van der Waals surface area (Å²) in [5, 5.41) is 13.9. The maximum atomic E-state index is 13.8. The van der Waals surface area contributed by atoms with Gasteiger partial charge in [0.1, 0.15) is 11.7 Å². The lowest BCUT2D eigenvalue weighted by atomic mass is 9.81. The zero-order chi connectivity index (χ0) is 25.3. The summed E-state index contributed by atoms with van der Waals surface area (Å²) in [6.07, 6.45) is 7.51. The van der Waals surface area contributed by atoms with Crippen molar-refractivity contribution in [3.8, 4) is 0 Å². The van der Waals surface area contributed by atoms with Crippen LogP contribution in [0.3, 0.4) is 0 Å². The number of nitrogens with zero attached hydrogens (tertiary/aromatic N) is 4. The quantitative estimate of drug-likeness (QED) is 0.439. The molecule has 1 atom stereocenters. The van der Waals surface area contributed by atoms with Crippen LogP contribution >= 0.6 is 0 Å². The number of rotatable bonds is 8. The highest BCUT2D eigenvalue weighted by molar-refractivity contribution is 6.00. The van der Waals surface area contributed by atoms with E-state index < -0.39 is 29.7 Å². The molecule has 5 rings (SSSR count). The van der Waals surface area contributed by atoms with Gasteiger partial charge in [-0.2, -0.15) is 10.2 Å². The number of pyridine rings is 1. The minimum Gasteiger partial charge on any atom is -0.339 e. The number of carbonyl (C=O) groups is 2. The molecule has 0 radical (unpaired) electrons. The van der Waals surface area contributed by atoms with Crippen LogP contribution in [-0.2, 0) is 11.3 Å². The predicted octanol–water partition coefficient (Wildman–Crippen LogP) is 2.71. The van der Waals surface area contributed by atoms with E-state index in [2.05, 4.69) is 25.8 Å². The van der Waals surface area contributed by atoms with Crippen molar-refractivity contribution in [2.75, 3.05) is 5.32 Å². The molecular weight excluding hydrogens is 472 g/mol. The monoisotopic (exact) mass is 499 g/mol. The second-order valence-corrected chi connectivity index (χ2v) is 9.48. The van der Waals surface area contributed by atoms with Crippen molar-refractivity contribution in [2.24, 2.45) is 5.92 Å². The number of anilines is 1. The summed E-state index contributed by atoms with van der Waals surface area (Å²) in [5.41, 5.74) is 0.980. The van der Waals surface area contributed by atoms with Gasteiger partial charge in [0.05, 0.1) is 24.5 Å². The first-order valence-corrected chi connectivity index (χ1v) is 12.0. The summed E-state index contributed by atoms with van der Waals surface area (Å²) >= 11 is 0. The lowest BCUT2D eigenvalue weighted by Gasteiger charge is -2.33. The smallest absolute Gasteiger partial charge is 0.270 e. The fraction of sp³-hybridized carbons (Fsp3) is 0.458. The van der Waals surface area contributed by atoms with Crippen molar-refractivity contribution >= 4 is 17.5 Å². The number of aromatic nitrogens is 5. The first-order chi connectivity index (χ1) is 17.3. The van der Waals surface area contributed by atoms with Gasteiger partial charge in [-0.1, -0.05) is 6.07 Å². The molecule has 2 fully saturated rings. The Morgan fingerprint density at radius 2 is 1.94 bits per heavy atom. The normalized spacial score (nSPS) is 18.5. The van der Waals surface area contributed by atoms with Gasteiger partial charge in [-0.25, -0.2) is 8.78 Å². The molecule has 1 unspecified atom stereocenters. The summed E-state index contributed by atoms with van der Waals surface area (Å²) in [6, 6.07) is 4.14. The number of hydrogen-bond donors (Lipinski definition) is 3. The fourth-order valence-corrected chi connectivity index (χ4v) is 4.60. The summed E-state index contributed by atoms with van der Waals surface area (Å²) in [4.78, 5) is 40.9. The molecule has 36 heavy (non-hydrogen) atoms. The van der Waals surface area contributed by atoms with Gasteiger partial charge in [-0.15, -0.1) is 0 Å². The van der Waals surface area contributed by atoms with Crippen LogP contribution in [0.25, 0.3) is 0 Å². The molecule has 3 aromatic heterocycles. The van der Waals surface area contributed by atoms with Crippen LogP contribution in [0.2, 0.25) is 0 Å². The molecule has 2 aliphatic carbocycles. The number of carbonyl (C=O) groups excluding carboxylic acids is 2. The van der Waals surface area contributed by atoms with E-state index in [9.17, 15) is 23.2 Å². The highest BCUT2D eigenvalue weighted by Gasteiger charge is 2.41. The highest BCUT2D eigenvalue weighted by Crippen LogP contribution is 2.38. The highest BCUT2D eigenvalue weighted by atomic mass is 19.3. The molecule has 0 aliphatic heterocycles. The zero-order valence-corrected chi connectivity index (χ0v) is 19.5.